The summed E-state index contributed by atoms with van der Waals surface area (Å²) in [6.07, 6.45) is -0.343. The van der Waals surface area contributed by atoms with Crippen LogP contribution in [0.15, 0.2) is 60.7 Å². The number of carbonyl (C=O) groups is 3. The van der Waals surface area contributed by atoms with Gasteiger partial charge in [-0.15, -0.1) is 0 Å². The summed E-state index contributed by atoms with van der Waals surface area (Å²) in [7, 11) is 0. The third-order valence-electron chi connectivity index (χ3n) is 4.81. The highest BCUT2D eigenvalue weighted by Gasteiger charge is 2.28. The van der Waals surface area contributed by atoms with Crippen molar-refractivity contribution in [3.8, 4) is 0 Å². The fourth-order valence-corrected chi connectivity index (χ4v) is 3.16. The van der Waals surface area contributed by atoms with Gasteiger partial charge in [0.1, 0.15) is 12.6 Å². The summed E-state index contributed by atoms with van der Waals surface area (Å²) in [6.45, 7) is 6.03. The molecule has 0 saturated heterocycles. The SMILES string of the molecule is CCOC(=O)[C@H](COCc1ccccc1)NC(=O)[C@H](CC(C)C)NC(=O)OCc1ccccc1. The second-order valence-electron chi connectivity index (χ2n) is 8.20. The van der Waals surface area contributed by atoms with E-state index in [-0.39, 0.29) is 32.3 Å². The molecule has 0 aromatic heterocycles. The lowest BCUT2D eigenvalue weighted by Gasteiger charge is -2.23. The first-order valence-corrected chi connectivity index (χ1v) is 11.4. The zero-order valence-electron chi connectivity index (χ0n) is 20.0. The highest BCUT2D eigenvalue weighted by Crippen LogP contribution is 2.08. The molecule has 0 aliphatic rings. The molecule has 0 aliphatic carbocycles. The lowest BCUT2D eigenvalue weighted by atomic mass is 10.0. The highest BCUT2D eigenvalue weighted by atomic mass is 16.5. The molecule has 8 heteroatoms. The minimum Gasteiger partial charge on any atom is -0.464 e. The van der Waals surface area contributed by atoms with Crippen LogP contribution >= 0.6 is 0 Å². The summed E-state index contributed by atoms with van der Waals surface area (Å²) in [5.41, 5.74) is 1.78. The molecule has 2 amide bonds. The summed E-state index contributed by atoms with van der Waals surface area (Å²) in [5.74, 6) is -0.994. The van der Waals surface area contributed by atoms with Crippen LogP contribution in [-0.4, -0.2) is 43.3 Å². The molecule has 2 rings (SSSR count). The molecule has 0 fully saturated rings. The van der Waals surface area contributed by atoms with E-state index < -0.39 is 30.1 Å². The average Bonchev–Trinajstić information content (AvgIpc) is 2.83. The standard InChI is InChI=1S/C26H34N2O6/c1-4-33-25(30)23(18-32-16-20-11-7-5-8-12-20)27-24(29)22(15-19(2)3)28-26(31)34-17-21-13-9-6-10-14-21/h5-14,19,22-23H,4,15-18H2,1-3H3,(H,27,29)(H,28,31)/t22-,23-/m0/s1. The molecule has 0 aliphatic heterocycles. The van der Waals surface area contributed by atoms with Crippen molar-refractivity contribution in [3.63, 3.8) is 0 Å². The Balaban J connectivity index is 1.96. The van der Waals surface area contributed by atoms with Gasteiger partial charge in [-0.05, 0) is 30.4 Å². The van der Waals surface area contributed by atoms with E-state index in [1.165, 1.54) is 0 Å². The predicted octanol–water partition coefficient (Wildman–Crippen LogP) is 3.59. The number of carbonyl (C=O) groups excluding carboxylic acids is 3. The molecule has 0 bridgehead atoms. The minimum absolute atomic E-state index is 0.0632. The summed E-state index contributed by atoms with van der Waals surface area (Å²) in [6, 6.07) is 16.8. The molecular weight excluding hydrogens is 436 g/mol. The van der Waals surface area contributed by atoms with Gasteiger partial charge in [0.25, 0.3) is 0 Å². The van der Waals surface area contributed by atoms with Gasteiger partial charge in [-0.25, -0.2) is 9.59 Å². The van der Waals surface area contributed by atoms with Gasteiger partial charge in [0.2, 0.25) is 5.91 Å². The summed E-state index contributed by atoms with van der Waals surface area (Å²) >= 11 is 0. The lowest BCUT2D eigenvalue weighted by Crippen LogP contribution is -2.53. The number of amides is 2. The summed E-state index contributed by atoms with van der Waals surface area (Å²) < 4.78 is 16.0. The van der Waals surface area contributed by atoms with E-state index in [1.54, 1.807) is 6.92 Å². The molecule has 0 heterocycles. The maximum Gasteiger partial charge on any atom is 0.408 e. The fourth-order valence-electron chi connectivity index (χ4n) is 3.16. The molecule has 2 aromatic rings. The van der Waals surface area contributed by atoms with Gasteiger partial charge >= 0.3 is 12.1 Å². The third kappa shape index (κ3) is 10.0. The van der Waals surface area contributed by atoms with E-state index in [1.807, 2.05) is 74.5 Å². The van der Waals surface area contributed by atoms with Gasteiger partial charge in [0.15, 0.2) is 6.04 Å². The first-order valence-electron chi connectivity index (χ1n) is 11.4. The molecule has 184 valence electrons. The first-order chi connectivity index (χ1) is 16.4. The van der Waals surface area contributed by atoms with Crippen LogP contribution in [-0.2, 0) is 37.0 Å². The molecule has 2 atom stereocenters. The van der Waals surface area contributed by atoms with Gasteiger partial charge in [0, 0.05) is 0 Å². The number of rotatable bonds is 13. The molecule has 0 saturated carbocycles. The maximum atomic E-state index is 13.0. The summed E-state index contributed by atoms with van der Waals surface area (Å²) in [4.78, 5) is 37.7. The maximum absolute atomic E-state index is 13.0. The normalized spacial score (nSPS) is 12.5. The van der Waals surface area contributed by atoms with Crippen molar-refractivity contribution >= 4 is 18.0 Å². The van der Waals surface area contributed by atoms with Crippen molar-refractivity contribution in [2.24, 2.45) is 5.92 Å². The van der Waals surface area contributed by atoms with Crippen molar-refractivity contribution in [2.75, 3.05) is 13.2 Å². The van der Waals surface area contributed by atoms with E-state index in [0.717, 1.165) is 11.1 Å². The van der Waals surface area contributed by atoms with Crippen molar-refractivity contribution in [3.05, 3.63) is 71.8 Å². The van der Waals surface area contributed by atoms with Crippen molar-refractivity contribution in [2.45, 2.75) is 52.5 Å². The van der Waals surface area contributed by atoms with Gasteiger partial charge in [-0.2, -0.15) is 0 Å². The van der Waals surface area contributed by atoms with Crippen LogP contribution in [0.4, 0.5) is 4.79 Å². The molecule has 34 heavy (non-hydrogen) atoms. The van der Waals surface area contributed by atoms with Crippen LogP contribution in [0, 0.1) is 5.92 Å². The quantitative estimate of drug-likeness (QED) is 0.434. The largest absolute Gasteiger partial charge is 0.464 e. The Bertz CT molecular complexity index is 889. The van der Waals surface area contributed by atoms with Gasteiger partial charge in [0.05, 0.1) is 19.8 Å². The molecule has 0 radical (unpaired) electrons. The Morgan fingerprint density at radius 2 is 1.38 bits per heavy atom. The Hall–Kier alpha value is -3.39. The molecule has 0 spiro atoms. The van der Waals surface area contributed by atoms with Crippen molar-refractivity contribution in [1.82, 2.24) is 10.6 Å². The van der Waals surface area contributed by atoms with E-state index in [9.17, 15) is 14.4 Å². The van der Waals surface area contributed by atoms with Gasteiger partial charge in [-0.3, -0.25) is 4.79 Å². The molecule has 2 aromatic carbocycles. The first kappa shape index (κ1) is 26.9. The highest BCUT2D eigenvalue weighted by molar-refractivity contribution is 5.89. The lowest BCUT2D eigenvalue weighted by molar-refractivity contribution is -0.149. The van der Waals surface area contributed by atoms with E-state index in [4.69, 9.17) is 14.2 Å². The molecular formula is C26H34N2O6. The second kappa shape index (κ2) is 14.7. The molecule has 0 unspecified atom stereocenters. The third-order valence-corrected chi connectivity index (χ3v) is 4.81. The predicted molar refractivity (Wildman–Crippen MR) is 128 cm³/mol. The van der Waals surface area contributed by atoms with Crippen LogP contribution in [0.1, 0.15) is 38.3 Å². The van der Waals surface area contributed by atoms with E-state index in [0.29, 0.717) is 6.42 Å². The van der Waals surface area contributed by atoms with Gasteiger partial charge < -0.3 is 24.8 Å². The minimum atomic E-state index is -1.01. The molecule has 8 nitrogen and oxygen atoms in total. The van der Waals surface area contributed by atoms with Crippen LogP contribution in [0.25, 0.3) is 0 Å². The smallest absolute Gasteiger partial charge is 0.408 e. The Kier molecular flexibility index (Phi) is 11.6. The molecule has 2 N–H and O–H groups in total. The van der Waals surface area contributed by atoms with Crippen LogP contribution in [0.2, 0.25) is 0 Å². The van der Waals surface area contributed by atoms with Crippen molar-refractivity contribution < 1.29 is 28.6 Å². The number of ether oxygens (including phenoxy) is 3. The number of benzene rings is 2. The van der Waals surface area contributed by atoms with Crippen molar-refractivity contribution in [1.29, 1.82) is 0 Å². The van der Waals surface area contributed by atoms with E-state index >= 15 is 0 Å². The number of hydrogen-bond acceptors (Lipinski definition) is 6. The fraction of sp³-hybridized carbons (Fsp3) is 0.423. The zero-order valence-corrected chi connectivity index (χ0v) is 20.0. The monoisotopic (exact) mass is 470 g/mol. The number of esters is 1. The zero-order chi connectivity index (χ0) is 24.8. The topological polar surface area (TPSA) is 103 Å². The van der Waals surface area contributed by atoms with Crippen LogP contribution in [0.5, 0.6) is 0 Å². The number of nitrogens with one attached hydrogen (secondary N) is 2. The Morgan fingerprint density at radius 1 is 0.794 bits per heavy atom. The van der Waals surface area contributed by atoms with E-state index in [2.05, 4.69) is 10.6 Å². The van der Waals surface area contributed by atoms with Crippen LogP contribution < -0.4 is 10.6 Å². The Morgan fingerprint density at radius 3 is 1.94 bits per heavy atom. The summed E-state index contributed by atoms with van der Waals surface area (Å²) in [5, 5.41) is 5.27. The number of hydrogen-bond donors (Lipinski definition) is 2. The number of alkyl carbamates (subject to hydrolysis) is 1. The average molecular weight is 471 g/mol. The van der Waals surface area contributed by atoms with Gasteiger partial charge in [-0.1, -0.05) is 74.5 Å². The second-order valence-corrected chi connectivity index (χ2v) is 8.20. The van der Waals surface area contributed by atoms with Crippen LogP contribution in [0.3, 0.4) is 0 Å². The Labute approximate surface area is 201 Å².